The number of anilines is 1. The van der Waals surface area contributed by atoms with Gasteiger partial charge in [-0.15, -0.1) is 0 Å². The SMILES string of the molecule is C=C(N=C(C)/C=C\C)NC1C2CN(c3ncc(C(=O)NO)cn3)CC21. The maximum Gasteiger partial charge on any atom is 0.277 e. The second kappa shape index (κ2) is 7.02. The number of rotatable bonds is 6. The average molecular weight is 342 g/mol. The Bertz CT molecular complexity index is 715. The predicted molar refractivity (Wildman–Crippen MR) is 94.5 cm³/mol. The van der Waals surface area contributed by atoms with Crippen molar-refractivity contribution < 1.29 is 10.0 Å². The molecule has 3 rings (SSSR count). The summed E-state index contributed by atoms with van der Waals surface area (Å²) in [6.07, 6.45) is 6.72. The van der Waals surface area contributed by atoms with Crippen molar-refractivity contribution in [2.75, 3.05) is 18.0 Å². The number of allylic oxidation sites excluding steroid dienone is 2. The Hall–Kier alpha value is -2.74. The molecule has 2 atom stereocenters. The molecule has 1 saturated carbocycles. The summed E-state index contributed by atoms with van der Waals surface area (Å²) in [4.78, 5) is 26.2. The molecule has 1 saturated heterocycles. The first-order valence-electron chi connectivity index (χ1n) is 8.18. The van der Waals surface area contributed by atoms with E-state index in [0.717, 1.165) is 18.8 Å². The molecule has 1 aliphatic carbocycles. The molecule has 2 heterocycles. The number of nitrogens with one attached hydrogen (secondary N) is 2. The highest BCUT2D eigenvalue weighted by Crippen LogP contribution is 2.46. The quantitative estimate of drug-likeness (QED) is 0.407. The van der Waals surface area contributed by atoms with Crippen molar-refractivity contribution in [2.24, 2.45) is 16.8 Å². The smallest absolute Gasteiger partial charge is 0.277 e. The molecular weight excluding hydrogens is 320 g/mol. The lowest BCUT2D eigenvalue weighted by molar-refractivity contribution is 0.0705. The number of piperidine rings is 1. The minimum atomic E-state index is -0.618. The van der Waals surface area contributed by atoms with Gasteiger partial charge in [0, 0.05) is 49.1 Å². The van der Waals surface area contributed by atoms with Crippen molar-refractivity contribution >= 4 is 17.6 Å². The van der Waals surface area contributed by atoms with E-state index >= 15 is 0 Å². The lowest BCUT2D eigenvalue weighted by Crippen LogP contribution is -2.32. The zero-order valence-electron chi connectivity index (χ0n) is 14.3. The van der Waals surface area contributed by atoms with Gasteiger partial charge in [0.15, 0.2) is 0 Å². The standard InChI is InChI=1S/C17H22N6O2/c1-4-5-10(2)20-11(3)21-15-13-8-23(9-14(13)15)17-18-6-12(7-19-17)16(24)22-25/h4-7,13-15,21,25H,3,8-9H2,1-2H3,(H,22,24)/b5-4-,20-10?. The third-order valence-corrected chi connectivity index (χ3v) is 4.53. The molecule has 1 aliphatic heterocycles. The fourth-order valence-electron chi connectivity index (χ4n) is 3.29. The molecule has 8 nitrogen and oxygen atoms in total. The van der Waals surface area contributed by atoms with E-state index in [1.165, 1.54) is 12.4 Å². The number of nitrogens with zero attached hydrogens (tertiary/aromatic N) is 4. The second-order valence-corrected chi connectivity index (χ2v) is 6.32. The van der Waals surface area contributed by atoms with Crippen molar-refractivity contribution in [1.82, 2.24) is 20.8 Å². The molecular formula is C17H22N6O2. The molecule has 1 aromatic heterocycles. The molecule has 8 heteroatoms. The van der Waals surface area contributed by atoms with E-state index in [4.69, 9.17) is 5.21 Å². The highest BCUT2D eigenvalue weighted by Gasteiger charge is 2.56. The fraction of sp³-hybridized carbons (Fsp3) is 0.412. The summed E-state index contributed by atoms with van der Waals surface area (Å²) in [5.41, 5.74) is 2.71. The highest BCUT2D eigenvalue weighted by atomic mass is 16.5. The number of amides is 1. The summed E-state index contributed by atoms with van der Waals surface area (Å²) in [7, 11) is 0. The largest absolute Gasteiger partial charge is 0.367 e. The Balaban J connectivity index is 1.52. The Kier molecular flexibility index (Phi) is 4.80. The van der Waals surface area contributed by atoms with Gasteiger partial charge >= 0.3 is 0 Å². The summed E-state index contributed by atoms with van der Waals surface area (Å²) in [6, 6.07) is 0.394. The van der Waals surface area contributed by atoms with Crippen LogP contribution in [0.3, 0.4) is 0 Å². The summed E-state index contributed by atoms with van der Waals surface area (Å²) < 4.78 is 0. The van der Waals surface area contributed by atoms with Crippen LogP contribution in [0.25, 0.3) is 0 Å². The number of hydrogen-bond acceptors (Lipinski definition) is 7. The number of fused-ring (bicyclic) bond motifs is 1. The molecule has 0 spiro atoms. The van der Waals surface area contributed by atoms with E-state index in [0.29, 0.717) is 29.6 Å². The summed E-state index contributed by atoms with van der Waals surface area (Å²) in [5, 5.41) is 12.0. The van der Waals surface area contributed by atoms with Gasteiger partial charge in [-0.2, -0.15) is 0 Å². The van der Waals surface area contributed by atoms with E-state index in [2.05, 4.69) is 31.8 Å². The number of carbonyl (C=O) groups excluding carboxylic acids is 1. The van der Waals surface area contributed by atoms with E-state index in [9.17, 15) is 4.79 Å². The van der Waals surface area contributed by atoms with Gasteiger partial charge in [-0.05, 0) is 19.9 Å². The lowest BCUT2D eigenvalue weighted by atomic mass is 10.3. The van der Waals surface area contributed by atoms with Crippen LogP contribution in [0.1, 0.15) is 24.2 Å². The van der Waals surface area contributed by atoms with Gasteiger partial charge in [0.05, 0.1) is 5.56 Å². The van der Waals surface area contributed by atoms with Crippen molar-refractivity contribution in [2.45, 2.75) is 19.9 Å². The summed E-state index contributed by atoms with van der Waals surface area (Å²) in [6.45, 7) is 9.59. The molecule has 132 valence electrons. The van der Waals surface area contributed by atoms with Gasteiger partial charge in [0.2, 0.25) is 5.95 Å². The minimum Gasteiger partial charge on any atom is -0.367 e. The topological polar surface area (TPSA) is 103 Å². The first kappa shape index (κ1) is 17.1. The third-order valence-electron chi connectivity index (χ3n) is 4.53. The molecule has 2 aliphatic rings. The highest BCUT2D eigenvalue weighted by molar-refractivity contribution is 5.93. The minimum absolute atomic E-state index is 0.223. The van der Waals surface area contributed by atoms with Crippen LogP contribution >= 0.6 is 0 Å². The Morgan fingerprint density at radius 3 is 2.60 bits per heavy atom. The van der Waals surface area contributed by atoms with Crippen LogP contribution in [0, 0.1) is 11.8 Å². The number of hydroxylamine groups is 1. The van der Waals surface area contributed by atoms with E-state index in [1.807, 2.05) is 26.0 Å². The predicted octanol–water partition coefficient (Wildman–Crippen LogP) is 1.13. The Morgan fingerprint density at radius 1 is 1.40 bits per heavy atom. The zero-order chi connectivity index (χ0) is 18.0. The van der Waals surface area contributed by atoms with Crippen LogP contribution in [0.5, 0.6) is 0 Å². The number of aliphatic imine (C=N–C) groups is 1. The summed E-state index contributed by atoms with van der Waals surface area (Å²) >= 11 is 0. The molecule has 3 N–H and O–H groups in total. The maximum absolute atomic E-state index is 11.3. The molecule has 2 unspecified atom stereocenters. The monoisotopic (exact) mass is 342 g/mol. The molecule has 25 heavy (non-hydrogen) atoms. The van der Waals surface area contributed by atoms with Gasteiger partial charge in [-0.25, -0.2) is 20.4 Å². The molecule has 0 radical (unpaired) electrons. The molecule has 0 aromatic carbocycles. The van der Waals surface area contributed by atoms with E-state index < -0.39 is 5.91 Å². The zero-order valence-corrected chi connectivity index (χ0v) is 14.3. The van der Waals surface area contributed by atoms with Crippen LogP contribution < -0.4 is 15.7 Å². The number of carbonyl (C=O) groups is 1. The first-order valence-corrected chi connectivity index (χ1v) is 8.18. The van der Waals surface area contributed by atoms with Gasteiger partial charge in [-0.1, -0.05) is 12.7 Å². The fourth-order valence-corrected chi connectivity index (χ4v) is 3.29. The van der Waals surface area contributed by atoms with Crippen molar-refractivity contribution in [1.29, 1.82) is 0 Å². The molecule has 1 aromatic rings. The van der Waals surface area contributed by atoms with Crippen LogP contribution in [0.15, 0.2) is 41.9 Å². The van der Waals surface area contributed by atoms with Gasteiger partial charge in [-0.3, -0.25) is 10.0 Å². The Morgan fingerprint density at radius 2 is 2.04 bits per heavy atom. The van der Waals surface area contributed by atoms with Crippen LogP contribution in [0.4, 0.5) is 5.95 Å². The summed E-state index contributed by atoms with van der Waals surface area (Å²) in [5.74, 6) is 1.72. The normalized spacial score (nSPS) is 25.0. The van der Waals surface area contributed by atoms with Gasteiger partial charge in [0.1, 0.15) is 5.82 Å². The van der Waals surface area contributed by atoms with Gasteiger partial charge in [0.25, 0.3) is 5.91 Å². The lowest BCUT2D eigenvalue weighted by Gasteiger charge is -2.20. The van der Waals surface area contributed by atoms with Crippen molar-refractivity contribution in [3.8, 4) is 0 Å². The molecule has 0 bridgehead atoms. The maximum atomic E-state index is 11.3. The number of aromatic nitrogens is 2. The first-order chi connectivity index (χ1) is 12.0. The van der Waals surface area contributed by atoms with E-state index in [1.54, 1.807) is 5.48 Å². The van der Waals surface area contributed by atoms with Crippen molar-refractivity contribution in [3.63, 3.8) is 0 Å². The third kappa shape index (κ3) is 3.69. The second-order valence-electron chi connectivity index (χ2n) is 6.32. The number of hydrogen-bond donors (Lipinski definition) is 3. The van der Waals surface area contributed by atoms with E-state index in [-0.39, 0.29) is 5.56 Å². The van der Waals surface area contributed by atoms with Crippen LogP contribution in [0.2, 0.25) is 0 Å². The van der Waals surface area contributed by atoms with Crippen LogP contribution in [-0.2, 0) is 0 Å². The molecule has 1 amide bonds. The van der Waals surface area contributed by atoms with Gasteiger partial charge < -0.3 is 10.2 Å². The van der Waals surface area contributed by atoms with Crippen LogP contribution in [-0.4, -0.2) is 45.9 Å². The van der Waals surface area contributed by atoms with Crippen molar-refractivity contribution in [3.05, 3.63) is 42.5 Å². The molecule has 2 fully saturated rings. The Labute approximate surface area is 146 Å². The average Bonchev–Trinajstić information content (AvgIpc) is 3.04.